The molecule has 0 radical (unpaired) electrons. The molecule has 5 nitrogen and oxygen atoms in total. The van der Waals surface area contributed by atoms with Gasteiger partial charge in [0.15, 0.2) is 0 Å². The van der Waals surface area contributed by atoms with Gasteiger partial charge in [0, 0.05) is 19.6 Å². The van der Waals surface area contributed by atoms with Crippen LogP contribution in [0.2, 0.25) is 0 Å². The van der Waals surface area contributed by atoms with Crippen molar-refractivity contribution >= 4 is 12.0 Å². The van der Waals surface area contributed by atoms with E-state index in [1.54, 1.807) is 18.2 Å². The van der Waals surface area contributed by atoms with E-state index in [0.717, 1.165) is 38.0 Å². The largest absolute Gasteiger partial charge is 0.446 e. The van der Waals surface area contributed by atoms with E-state index in [1.165, 1.54) is 17.0 Å². The molecule has 0 N–H and O–H groups in total. The molecule has 2 amide bonds. The summed E-state index contributed by atoms with van der Waals surface area (Å²) in [6.07, 6.45) is 2.68. The Morgan fingerprint density at radius 2 is 1.62 bits per heavy atom. The summed E-state index contributed by atoms with van der Waals surface area (Å²) in [5, 5.41) is 0. The molecule has 0 spiro atoms. The molecule has 2 aromatic rings. The predicted octanol–water partition coefficient (Wildman–Crippen LogP) is 4.74. The van der Waals surface area contributed by atoms with E-state index < -0.39 is 6.09 Å². The van der Waals surface area contributed by atoms with Crippen LogP contribution in [0.5, 0.6) is 0 Å². The second-order valence-corrected chi connectivity index (χ2v) is 7.16. The Labute approximate surface area is 170 Å². The Morgan fingerprint density at radius 3 is 2.21 bits per heavy atom. The Balaban J connectivity index is 0.000000290. The van der Waals surface area contributed by atoms with E-state index in [1.807, 2.05) is 30.3 Å². The lowest BCUT2D eigenvalue weighted by Gasteiger charge is -2.24. The van der Waals surface area contributed by atoms with Gasteiger partial charge in [0.25, 0.3) is 0 Å². The molecule has 1 atom stereocenters. The van der Waals surface area contributed by atoms with Crippen LogP contribution in [0.3, 0.4) is 0 Å². The molecule has 154 valence electrons. The number of carbonyl (C=O) groups is 2. The molecule has 0 unspecified atom stereocenters. The third-order valence-electron chi connectivity index (χ3n) is 5.17. The fourth-order valence-electron chi connectivity index (χ4n) is 3.52. The first-order valence-electron chi connectivity index (χ1n) is 9.97. The minimum absolute atomic E-state index is 0.136. The lowest BCUT2D eigenvalue weighted by Crippen LogP contribution is -2.34. The van der Waals surface area contributed by atoms with Gasteiger partial charge < -0.3 is 9.47 Å². The first-order chi connectivity index (χ1) is 14.1. The summed E-state index contributed by atoms with van der Waals surface area (Å²) in [7, 11) is 0. The maximum atomic E-state index is 12.5. The summed E-state index contributed by atoms with van der Waals surface area (Å²) < 4.78 is 22.3. The molecule has 29 heavy (non-hydrogen) atoms. The van der Waals surface area contributed by atoms with E-state index in [-0.39, 0.29) is 24.4 Å². The molecule has 2 fully saturated rings. The Hall–Kier alpha value is -2.73. The van der Waals surface area contributed by atoms with Gasteiger partial charge in [-0.3, -0.25) is 4.79 Å². The third kappa shape index (κ3) is 6.12. The van der Waals surface area contributed by atoms with Gasteiger partial charge >= 0.3 is 6.09 Å². The van der Waals surface area contributed by atoms with E-state index in [9.17, 15) is 14.0 Å². The van der Waals surface area contributed by atoms with Crippen molar-refractivity contribution in [2.75, 3.05) is 19.8 Å². The number of halogens is 1. The van der Waals surface area contributed by atoms with E-state index in [2.05, 4.69) is 0 Å². The van der Waals surface area contributed by atoms with Crippen LogP contribution in [0.4, 0.5) is 9.18 Å². The first-order valence-corrected chi connectivity index (χ1v) is 9.97. The van der Waals surface area contributed by atoms with E-state index in [4.69, 9.17) is 9.47 Å². The number of hydrogen-bond donors (Lipinski definition) is 0. The van der Waals surface area contributed by atoms with Crippen LogP contribution >= 0.6 is 0 Å². The second kappa shape index (κ2) is 10.7. The zero-order valence-electron chi connectivity index (χ0n) is 16.3. The Morgan fingerprint density at radius 1 is 1.00 bits per heavy atom. The maximum absolute atomic E-state index is 12.5. The molecule has 2 aromatic carbocycles. The first kappa shape index (κ1) is 21.0. The molecular formula is C23H26FNO4. The number of hydrogen-bond acceptors (Lipinski definition) is 4. The van der Waals surface area contributed by atoms with Gasteiger partial charge in [-0.15, -0.1) is 0 Å². The number of amides is 2. The summed E-state index contributed by atoms with van der Waals surface area (Å²) >= 11 is 0. The summed E-state index contributed by atoms with van der Waals surface area (Å²) in [6.45, 7) is 1.79. The number of rotatable bonds is 4. The number of ether oxygens (including phenoxy) is 2. The third-order valence-corrected chi connectivity index (χ3v) is 5.17. The highest BCUT2D eigenvalue weighted by Gasteiger charge is 2.38. The highest BCUT2D eigenvalue weighted by Crippen LogP contribution is 2.29. The van der Waals surface area contributed by atoms with Crippen molar-refractivity contribution in [3.63, 3.8) is 0 Å². The Kier molecular flexibility index (Phi) is 7.76. The SMILES string of the molecule is Fc1ccccc1.O=C(CCC1CCOCC1)N1C(=O)OC[C@@H]1c1ccccc1. The average Bonchev–Trinajstić information content (AvgIpc) is 3.16. The summed E-state index contributed by atoms with van der Waals surface area (Å²) in [6, 6.07) is 17.2. The zero-order valence-corrected chi connectivity index (χ0v) is 16.3. The van der Waals surface area contributed by atoms with Gasteiger partial charge in [-0.1, -0.05) is 48.5 Å². The molecule has 0 saturated carbocycles. The van der Waals surface area contributed by atoms with Crippen molar-refractivity contribution in [3.8, 4) is 0 Å². The molecule has 2 saturated heterocycles. The van der Waals surface area contributed by atoms with Crippen LogP contribution in [0, 0.1) is 11.7 Å². The van der Waals surface area contributed by atoms with Crippen molar-refractivity contribution in [3.05, 3.63) is 72.0 Å². The molecule has 0 aromatic heterocycles. The normalized spacial score (nSPS) is 19.3. The minimum atomic E-state index is -0.522. The molecule has 4 rings (SSSR count). The van der Waals surface area contributed by atoms with Crippen LogP contribution < -0.4 is 0 Å². The summed E-state index contributed by atoms with van der Waals surface area (Å²) in [5.41, 5.74) is 0.938. The predicted molar refractivity (Wildman–Crippen MR) is 107 cm³/mol. The van der Waals surface area contributed by atoms with E-state index >= 15 is 0 Å². The quantitative estimate of drug-likeness (QED) is 0.745. The van der Waals surface area contributed by atoms with Crippen molar-refractivity contribution in [2.24, 2.45) is 5.92 Å². The number of nitrogens with zero attached hydrogens (tertiary/aromatic N) is 1. The number of carbonyl (C=O) groups excluding carboxylic acids is 2. The highest BCUT2D eigenvalue weighted by molar-refractivity contribution is 5.93. The monoisotopic (exact) mass is 399 g/mol. The zero-order chi connectivity index (χ0) is 20.5. The van der Waals surface area contributed by atoms with Gasteiger partial charge in [0.05, 0.1) is 0 Å². The van der Waals surface area contributed by atoms with Crippen LogP contribution in [0.1, 0.15) is 37.3 Å². The van der Waals surface area contributed by atoms with Crippen LogP contribution in [0.25, 0.3) is 0 Å². The number of imide groups is 1. The smallest absolute Gasteiger partial charge is 0.417 e. The summed E-state index contributed by atoms with van der Waals surface area (Å²) in [5.74, 6) is 0.205. The average molecular weight is 399 g/mol. The van der Waals surface area contributed by atoms with Crippen molar-refractivity contribution in [1.29, 1.82) is 0 Å². The van der Waals surface area contributed by atoms with Gasteiger partial charge in [0.2, 0.25) is 5.91 Å². The molecule has 2 aliphatic rings. The van der Waals surface area contributed by atoms with Gasteiger partial charge in [-0.2, -0.15) is 0 Å². The molecule has 0 aliphatic carbocycles. The van der Waals surface area contributed by atoms with Crippen molar-refractivity contribution in [2.45, 2.75) is 31.7 Å². The lowest BCUT2D eigenvalue weighted by atomic mass is 9.94. The highest BCUT2D eigenvalue weighted by atomic mass is 19.1. The number of benzene rings is 2. The van der Waals surface area contributed by atoms with Crippen molar-refractivity contribution in [1.82, 2.24) is 4.90 Å². The van der Waals surface area contributed by atoms with Crippen LogP contribution in [-0.2, 0) is 14.3 Å². The molecule has 2 heterocycles. The summed E-state index contributed by atoms with van der Waals surface area (Å²) in [4.78, 5) is 25.7. The minimum Gasteiger partial charge on any atom is -0.446 e. The second-order valence-electron chi connectivity index (χ2n) is 7.16. The Bertz CT molecular complexity index is 778. The standard InChI is InChI=1S/C17H21NO4.C6H5F/c19-16(7-6-13-8-10-21-11-9-13)18-15(12-22-17(18)20)14-4-2-1-3-5-14;7-6-4-2-1-3-5-6/h1-5,13,15H,6-12H2;1-5H/t15-;/m1./s1. The van der Waals surface area contributed by atoms with Crippen molar-refractivity contribution < 1.29 is 23.5 Å². The fraction of sp³-hybridized carbons (Fsp3) is 0.391. The van der Waals surface area contributed by atoms with Crippen LogP contribution in [0.15, 0.2) is 60.7 Å². The molecule has 0 bridgehead atoms. The lowest BCUT2D eigenvalue weighted by molar-refractivity contribution is -0.129. The fourth-order valence-corrected chi connectivity index (χ4v) is 3.52. The van der Waals surface area contributed by atoms with Crippen LogP contribution in [-0.4, -0.2) is 36.7 Å². The number of cyclic esters (lactones) is 1. The topological polar surface area (TPSA) is 55.8 Å². The van der Waals surface area contributed by atoms with E-state index in [0.29, 0.717) is 12.3 Å². The van der Waals surface area contributed by atoms with Gasteiger partial charge in [-0.05, 0) is 42.9 Å². The van der Waals surface area contributed by atoms with Gasteiger partial charge in [0.1, 0.15) is 18.5 Å². The molecular weight excluding hydrogens is 373 g/mol. The van der Waals surface area contributed by atoms with Gasteiger partial charge in [-0.25, -0.2) is 14.1 Å². The molecule has 6 heteroatoms. The maximum Gasteiger partial charge on any atom is 0.417 e. The molecule has 2 aliphatic heterocycles.